The number of benzene rings is 9. The predicted molar refractivity (Wildman–Crippen MR) is 246 cm³/mol. The number of anilines is 6. The molecule has 0 saturated heterocycles. The van der Waals surface area contributed by atoms with Gasteiger partial charge in [0, 0.05) is 50.6 Å². The molecule has 4 heteroatoms. The molecule has 0 bridgehead atoms. The van der Waals surface area contributed by atoms with Crippen molar-refractivity contribution in [2.45, 2.75) is 0 Å². The van der Waals surface area contributed by atoms with Crippen LogP contribution in [0.15, 0.2) is 218 Å². The Labute approximate surface area is 338 Å². The highest BCUT2D eigenvalue weighted by atomic mass is 15.2. The summed E-state index contributed by atoms with van der Waals surface area (Å²) >= 11 is 0. The van der Waals surface area contributed by atoms with Crippen LogP contribution < -0.4 is 26.2 Å². The lowest BCUT2D eigenvalue weighted by molar-refractivity contribution is 1.18. The summed E-state index contributed by atoms with van der Waals surface area (Å²) in [6.07, 6.45) is 0. The van der Waals surface area contributed by atoms with Crippen LogP contribution in [0, 0.1) is 0 Å². The molecule has 270 valence electrons. The fourth-order valence-corrected chi connectivity index (χ4v) is 9.65. The molecule has 0 unspecified atom stereocenters. The van der Waals surface area contributed by atoms with E-state index in [2.05, 4.69) is 233 Å². The van der Waals surface area contributed by atoms with Gasteiger partial charge in [0.15, 0.2) is 0 Å². The number of hydrogen-bond donors (Lipinski definition) is 0. The summed E-state index contributed by atoms with van der Waals surface area (Å²) in [4.78, 5) is 4.92. The van der Waals surface area contributed by atoms with Crippen molar-refractivity contribution in [3.05, 3.63) is 218 Å². The molecule has 0 N–H and O–H groups in total. The van der Waals surface area contributed by atoms with E-state index >= 15 is 0 Å². The van der Waals surface area contributed by atoms with Crippen LogP contribution in [0.3, 0.4) is 0 Å². The first-order valence-electron chi connectivity index (χ1n) is 20.1. The number of para-hydroxylation sites is 3. The molecule has 0 amide bonds. The molecule has 2 aliphatic rings. The quantitative estimate of drug-likeness (QED) is 0.163. The van der Waals surface area contributed by atoms with Gasteiger partial charge in [0.1, 0.15) is 0 Å². The van der Waals surface area contributed by atoms with Crippen LogP contribution in [0.5, 0.6) is 0 Å². The summed E-state index contributed by atoms with van der Waals surface area (Å²) in [5.74, 6) is 0. The van der Waals surface area contributed by atoms with Gasteiger partial charge in [-0.3, -0.25) is 0 Å². The zero-order valence-electron chi connectivity index (χ0n) is 31.7. The molecule has 1 aromatic heterocycles. The molecule has 0 spiro atoms. The van der Waals surface area contributed by atoms with Gasteiger partial charge in [0.2, 0.25) is 0 Å². The molecule has 0 saturated carbocycles. The van der Waals surface area contributed by atoms with Gasteiger partial charge < -0.3 is 14.4 Å². The van der Waals surface area contributed by atoms with Crippen LogP contribution in [-0.2, 0) is 0 Å². The molecule has 3 nitrogen and oxygen atoms in total. The van der Waals surface area contributed by atoms with E-state index in [9.17, 15) is 0 Å². The van der Waals surface area contributed by atoms with Crippen molar-refractivity contribution in [2.24, 2.45) is 0 Å². The van der Waals surface area contributed by atoms with E-state index in [0.29, 0.717) is 0 Å². The molecular weight excluding hydrogens is 701 g/mol. The third-order valence-corrected chi connectivity index (χ3v) is 12.1. The number of nitrogens with zero attached hydrogens (tertiary/aromatic N) is 3. The van der Waals surface area contributed by atoms with Gasteiger partial charge in [0.05, 0.1) is 11.0 Å². The zero-order chi connectivity index (χ0) is 38.2. The van der Waals surface area contributed by atoms with Gasteiger partial charge in [0.25, 0.3) is 6.71 Å². The Kier molecular flexibility index (Phi) is 7.33. The third-order valence-electron chi connectivity index (χ3n) is 12.1. The van der Waals surface area contributed by atoms with Gasteiger partial charge in [-0.05, 0) is 124 Å². The van der Waals surface area contributed by atoms with Gasteiger partial charge in [-0.2, -0.15) is 0 Å². The fourth-order valence-electron chi connectivity index (χ4n) is 9.65. The van der Waals surface area contributed by atoms with Gasteiger partial charge in [-0.15, -0.1) is 0 Å². The second-order valence-corrected chi connectivity index (χ2v) is 15.3. The Balaban J connectivity index is 1.13. The van der Waals surface area contributed by atoms with E-state index in [1.54, 1.807) is 0 Å². The SMILES string of the molecule is c1ccc(-c2ccc3c(c2)c2cc(-c4ccccc4)ccc2n3-c2ccc3c(c2)B2c4ccccc4N(c4ccccc4)c4cccc(c42)N3c2ccccc2)cc1. The lowest BCUT2D eigenvalue weighted by Crippen LogP contribution is -2.61. The first kappa shape index (κ1) is 32.7. The van der Waals surface area contributed by atoms with E-state index < -0.39 is 0 Å². The maximum Gasteiger partial charge on any atom is 0.252 e. The minimum atomic E-state index is 0.0275. The summed E-state index contributed by atoms with van der Waals surface area (Å²) in [6.45, 7) is 0.0275. The van der Waals surface area contributed by atoms with Crippen molar-refractivity contribution in [1.82, 2.24) is 4.57 Å². The van der Waals surface area contributed by atoms with Gasteiger partial charge in [-0.1, -0.05) is 133 Å². The molecule has 0 radical (unpaired) electrons. The average molecular weight is 738 g/mol. The van der Waals surface area contributed by atoms with Crippen LogP contribution >= 0.6 is 0 Å². The molecule has 0 aliphatic carbocycles. The first-order valence-corrected chi connectivity index (χ1v) is 20.1. The monoisotopic (exact) mass is 737 g/mol. The van der Waals surface area contributed by atoms with Crippen molar-refractivity contribution in [1.29, 1.82) is 0 Å². The van der Waals surface area contributed by atoms with E-state index in [0.717, 1.165) is 17.1 Å². The van der Waals surface area contributed by atoms with Crippen molar-refractivity contribution in [3.63, 3.8) is 0 Å². The summed E-state index contributed by atoms with van der Waals surface area (Å²) < 4.78 is 2.48. The lowest BCUT2D eigenvalue weighted by Gasteiger charge is -2.44. The van der Waals surface area contributed by atoms with Gasteiger partial charge in [-0.25, -0.2) is 0 Å². The highest BCUT2D eigenvalue weighted by Gasteiger charge is 2.43. The fraction of sp³-hybridized carbons (Fsp3) is 0. The van der Waals surface area contributed by atoms with Crippen molar-refractivity contribution in [2.75, 3.05) is 9.80 Å². The minimum absolute atomic E-state index is 0.0275. The second-order valence-electron chi connectivity index (χ2n) is 15.3. The van der Waals surface area contributed by atoms with E-state index in [4.69, 9.17) is 0 Å². The summed E-state index contributed by atoms with van der Waals surface area (Å²) in [5, 5.41) is 2.49. The van der Waals surface area contributed by atoms with Crippen LogP contribution in [0.1, 0.15) is 0 Å². The largest absolute Gasteiger partial charge is 0.311 e. The topological polar surface area (TPSA) is 11.4 Å². The molecule has 58 heavy (non-hydrogen) atoms. The molecule has 10 aromatic rings. The Morgan fingerprint density at radius 3 is 1.31 bits per heavy atom. The molecule has 2 aliphatic heterocycles. The first-order chi connectivity index (χ1) is 28.8. The molecular formula is C54H36BN3. The highest BCUT2D eigenvalue weighted by Crippen LogP contribution is 2.44. The number of rotatable bonds is 5. The number of fused-ring (bicyclic) bond motifs is 7. The molecule has 12 rings (SSSR count). The average Bonchev–Trinajstić information content (AvgIpc) is 3.63. The zero-order valence-corrected chi connectivity index (χ0v) is 31.7. The summed E-state index contributed by atoms with van der Waals surface area (Å²) in [5.41, 5.74) is 19.4. The maximum atomic E-state index is 2.48. The van der Waals surface area contributed by atoms with E-state index in [1.165, 1.54) is 83.2 Å². The number of hydrogen-bond acceptors (Lipinski definition) is 2. The van der Waals surface area contributed by atoms with Crippen molar-refractivity contribution >= 4 is 79.0 Å². The Morgan fingerprint density at radius 2 is 0.759 bits per heavy atom. The molecule has 0 fully saturated rings. The number of aromatic nitrogens is 1. The molecule has 3 heterocycles. The standard InChI is InChI=1S/C54H36BN3/c1-5-16-37(17-6-1)39-28-31-48-44(34-39)45-35-40(38-18-7-2-8-19-38)29-32-49(45)58(48)43-30-33-51-47(36-43)55-46-24-13-14-25-50(46)56(41-20-9-3-10-21-41)52-26-15-27-53(54(52)55)57(51)42-22-11-4-12-23-42/h1-36H. The van der Waals surface area contributed by atoms with Gasteiger partial charge >= 0.3 is 0 Å². The normalized spacial score (nSPS) is 12.7. The Morgan fingerprint density at radius 1 is 0.293 bits per heavy atom. The van der Waals surface area contributed by atoms with Crippen LogP contribution in [0.4, 0.5) is 34.1 Å². The smallest absolute Gasteiger partial charge is 0.252 e. The summed E-state index contributed by atoms with van der Waals surface area (Å²) in [6, 6.07) is 80.0. The maximum absolute atomic E-state index is 2.48. The predicted octanol–water partition coefficient (Wildman–Crippen LogP) is 12.2. The Hall–Kier alpha value is -7.56. The third kappa shape index (κ3) is 4.95. The Bertz CT molecular complexity index is 3070. The van der Waals surface area contributed by atoms with Crippen LogP contribution in [0.2, 0.25) is 0 Å². The van der Waals surface area contributed by atoms with Crippen molar-refractivity contribution < 1.29 is 0 Å². The summed E-state index contributed by atoms with van der Waals surface area (Å²) in [7, 11) is 0. The minimum Gasteiger partial charge on any atom is -0.311 e. The second kappa shape index (κ2) is 13.0. The highest BCUT2D eigenvalue weighted by molar-refractivity contribution is 7.00. The van der Waals surface area contributed by atoms with Crippen molar-refractivity contribution in [3.8, 4) is 27.9 Å². The van der Waals surface area contributed by atoms with Crippen LogP contribution in [-0.4, -0.2) is 11.3 Å². The molecule has 9 aromatic carbocycles. The van der Waals surface area contributed by atoms with Crippen LogP contribution in [0.25, 0.3) is 49.7 Å². The lowest BCUT2D eigenvalue weighted by atomic mass is 9.33. The van der Waals surface area contributed by atoms with E-state index in [-0.39, 0.29) is 6.71 Å². The van der Waals surface area contributed by atoms with E-state index in [1.807, 2.05) is 0 Å². The molecule has 0 atom stereocenters.